The fourth-order valence-corrected chi connectivity index (χ4v) is 1.83. The lowest BCUT2D eigenvalue weighted by atomic mass is 10.1. The predicted molar refractivity (Wildman–Crippen MR) is 87.3 cm³/mol. The molecule has 24 heavy (non-hydrogen) atoms. The largest absolute Gasteiger partial charge is 0.480 e. The lowest BCUT2D eigenvalue weighted by molar-refractivity contribution is -0.137. The van der Waals surface area contributed by atoms with Crippen LogP contribution in [0.2, 0.25) is 0 Å². The Morgan fingerprint density at radius 3 is 2.12 bits per heavy atom. The Hall–Kier alpha value is -2.90. The molecule has 130 valence electrons. The summed E-state index contributed by atoms with van der Waals surface area (Å²) in [6.45, 7) is 1.36. The monoisotopic (exact) mass is 335 g/mol. The number of amides is 3. The maximum Gasteiger partial charge on any atom is 0.322 e. The number of carboxylic acids is 1. The summed E-state index contributed by atoms with van der Waals surface area (Å²) in [5.74, 6) is -2.01. The fraction of sp³-hybridized carbons (Fsp3) is 0.375. The third-order valence-corrected chi connectivity index (χ3v) is 2.96. The van der Waals surface area contributed by atoms with Gasteiger partial charge in [-0.15, -0.1) is 0 Å². The molecule has 4 N–H and O–H groups in total. The number of aliphatic carboxylic acids is 1. The van der Waals surface area contributed by atoms with Crippen molar-refractivity contribution >= 4 is 29.4 Å². The SMILES string of the molecule is CCCC(=O)NCC(=O)Nc1ccc(CC(=O)NCC(=O)O)cc1. The quantitative estimate of drug-likeness (QED) is 0.516. The molecule has 1 rings (SSSR count). The zero-order chi connectivity index (χ0) is 17.9. The highest BCUT2D eigenvalue weighted by Gasteiger charge is 2.07. The Morgan fingerprint density at radius 1 is 0.917 bits per heavy atom. The van der Waals surface area contributed by atoms with Crippen LogP contribution >= 0.6 is 0 Å². The van der Waals surface area contributed by atoms with Gasteiger partial charge in [-0.25, -0.2) is 0 Å². The second-order valence-electron chi connectivity index (χ2n) is 5.12. The van der Waals surface area contributed by atoms with Crippen molar-refractivity contribution in [1.29, 1.82) is 0 Å². The molecular weight excluding hydrogens is 314 g/mol. The summed E-state index contributed by atoms with van der Waals surface area (Å²) in [6.07, 6.45) is 1.15. The Kier molecular flexibility index (Phi) is 7.97. The van der Waals surface area contributed by atoms with Crippen molar-refractivity contribution in [2.45, 2.75) is 26.2 Å². The number of carbonyl (C=O) groups excluding carboxylic acids is 3. The zero-order valence-corrected chi connectivity index (χ0v) is 13.4. The number of hydrogen-bond donors (Lipinski definition) is 4. The van der Waals surface area contributed by atoms with Gasteiger partial charge in [-0.05, 0) is 24.1 Å². The van der Waals surface area contributed by atoms with Crippen LogP contribution in [0.25, 0.3) is 0 Å². The van der Waals surface area contributed by atoms with Crippen molar-refractivity contribution in [3.8, 4) is 0 Å². The average molecular weight is 335 g/mol. The van der Waals surface area contributed by atoms with Gasteiger partial charge in [0.2, 0.25) is 17.7 Å². The van der Waals surface area contributed by atoms with Crippen molar-refractivity contribution in [2.75, 3.05) is 18.4 Å². The number of anilines is 1. The molecule has 0 radical (unpaired) electrons. The third-order valence-electron chi connectivity index (χ3n) is 2.96. The van der Waals surface area contributed by atoms with Crippen molar-refractivity contribution in [1.82, 2.24) is 10.6 Å². The Bertz CT molecular complexity index is 598. The summed E-state index contributed by atoms with van der Waals surface area (Å²) in [6, 6.07) is 6.58. The minimum absolute atomic E-state index is 0.0502. The summed E-state index contributed by atoms with van der Waals surface area (Å²) >= 11 is 0. The van der Waals surface area contributed by atoms with Crippen LogP contribution in [0.15, 0.2) is 24.3 Å². The normalized spacial score (nSPS) is 9.88. The number of nitrogens with one attached hydrogen (secondary N) is 3. The van der Waals surface area contributed by atoms with E-state index in [1.165, 1.54) is 0 Å². The standard InChI is InChI=1S/C16H21N3O5/c1-2-3-13(20)17-9-15(22)19-12-6-4-11(5-7-12)8-14(21)18-10-16(23)24/h4-7H,2-3,8-10H2,1H3,(H,17,20)(H,18,21)(H,19,22)(H,23,24). The molecule has 0 atom stereocenters. The van der Waals surface area contributed by atoms with E-state index in [1.807, 2.05) is 6.92 Å². The number of carbonyl (C=O) groups is 4. The van der Waals surface area contributed by atoms with Gasteiger partial charge in [-0.3, -0.25) is 19.2 Å². The maximum atomic E-state index is 11.7. The molecule has 0 saturated heterocycles. The second-order valence-corrected chi connectivity index (χ2v) is 5.12. The third kappa shape index (κ3) is 7.92. The van der Waals surface area contributed by atoms with Gasteiger partial charge < -0.3 is 21.1 Å². The van der Waals surface area contributed by atoms with E-state index in [-0.39, 0.29) is 24.8 Å². The summed E-state index contributed by atoms with van der Waals surface area (Å²) in [5.41, 5.74) is 1.23. The van der Waals surface area contributed by atoms with Crippen LogP contribution in [-0.2, 0) is 25.6 Å². The average Bonchev–Trinajstić information content (AvgIpc) is 2.53. The molecule has 0 spiro atoms. The number of carboxylic acid groups (broad SMARTS) is 1. The van der Waals surface area contributed by atoms with Crippen LogP contribution in [0.3, 0.4) is 0 Å². The molecule has 1 aromatic carbocycles. The molecule has 3 amide bonds. The van der Waals surface area contributed by atoms with Gasteiger partial charge in [0.25, 0.3) is 0 Å². The molecular formula is C16H21N3O5. The molecule has 0 bridgehead atoms. The van der Waals surface area contributed by atoms with Crippen LogP contribution in [0.5, 0.6) is 0 Å². The van der Waals surface area contributed by atoms with Gasteiger partial charge in [0.15, 0.2) is 0 Å². The summed E-state index contributed by atoms with van der Waals surface area (Å²) < 4.78 is 0. The van der Waals surface area contributed by atoms with Gasteiger partial charge in [-0.1, -0.05) is 19.1 Å². The predicted octanol–water partition coefficient (Wildman–Crippen LogP) is 0.285. The summed E-state index contributed by atoms with van der Waals surface area (Å²) in [4.78, 5) is 44.8. The van der Waals surface area contributed by atoms with Gasteiger partial charge in [0.05, 0.1) is 13.0 Å². The highest BCUT2D eigenvalue weighted by Crippen LogP contribution is 2.10. The van der Waals surface area contributed by atoms with Crippen molar-refractivity contribution in [3.05, 3.63) is 29.8 Å². The Morgan fingerprint density at radius 2 is 1.54 bits per heavy atom. The van der Waals surface area contributed by atoms with E-state index >= 15 is 0 Å². The first kappa shape index (κ1) is 19.1. The molecule has 0 aliphatic carbocycles. The van der Waals surface area contributed by atoms with E-state index in [9.17, 15) is 19.2 Å². The van der Waals surface area contributed by atoms with E-state index in [1.54, 1.807) is 24.3 Å². The van der Waals surface area contributed by atoms with Crippen LogP contribution in [-0.4, -0.2) is 41.9 Å². The summed E-state index contributed by atoms with van der Waals surface area (Å²) in [7, 11) is 0. The van der Waals surface area contributed by atoms with Crippen molar-refractivity contribution in [2.24, 2.45) is 0 Å². The Balaban J connectivity index is 2.41. The highest BCUT2D eigenvalue weighted by atomic mass is 16.4. The van der Waals surface area contributed by atoms with E-state index in [0.29, 0.717) is 17.7 Å². The van der Waals surface area contributed by atoms with Crippen LogP contribution in [0, 0.1) is 0 Å². The molecule has 0 unspecified atom stereocenters. The van der Waals surface area contributed by atoms with Crippen molar-refractivity contribution in [3.63, 3.8) is 0 Å². The summed E-state index contributed by atoms with van der Waals surface area (Å²) in [5, 5.41) is 15.9. The minimum Gasteiger partial charge on any atom is -0.480 e. The molecule has 0 fully saturated rings. The highest BCUT2D eigenvalue weighted by molar-refractivity contribution is 5.94. The smallest absolute Gasteiger partial charge is 0.322 e. The van der Waals surface area contributed by atoms with Gasteiger partial charge in [0.1, 0.15) is 6.54 Å². The number of hydrogen-bond acceptors (Lipinski definition) is 4. The number of rotatable bonds is 9. The molecule has 0 aliphatic heterocycles. The molecule has 8 nitrogen and oxygen atoms in total. The van der Waals surface area contributed by atoms with E-state index in [4.69, 9.17) is 5.11 Å². The lowest BCUT2D eigenvalue weighted by Crippen LogP contribution is -2.32. The molecule has 0 aromatic heterocycles. The minimum atomic E-state index is -1.10. The maximum absolute atomic E-state index is 11.7. The second kappa shape index (κ2) is 9.98. The zero-order valence-electron chi connectivity index (χ0n) is 13.4. The topological polar surface area (TPSA) is 125 Å². The van der Waals surface area contributed by atoms with E-state index in [0.717, 1.165) is 6.42 Å². The molecule has 0 heterocycles. The van der Waals surface area contributed by atoms with Crippen LogP contribution < -0.4 is 16.0 Å². The first-order valence-electron chi connectivity index (χ1n) is 7.54. The van der Waals surface area contributed by atoms with Crippen LogP contribution in [0.4, 0.5) is 5.69 Å². The molecule has 1 aromatic rings. The van der Waals surface area contributed by atoms with E-state index in [2.05, 4.69) is 16.0 Å². The van der Waals surface area contributed by atoms with Gasteiger partial charge in [0, 0.05) is 12.1 Å². The first-order chi connectivity index (χ1) is 11.4. The van der Waals surface area contributed by atoms with Crippen molar-refractivity contribution < 1.29 is 24.3 Å². The van der Waals surface area contributed by atoms with Gasteiger partial charge in [-0.2, -0.15) is 0 Å². The van der Waals surface area contributed by atoms with Crippen LogP contribution in [0.1, 0.15) is 25.3 Å². The fourth-order valence-electron chi connectivity index (χ4n) is 1.83. The van der Waals surface area contributed by atoms with E-state index < -0.39 is 18.4 Å². The van der Waals surface area contributed by atoms with Gasteiger partial charge >= 0.3 is 5.97 Å². The molecule has 0 aliphatic rings. The lowest BCUT2D eigenvalue weighted by Gasteiger charge is -2.08. The first-order valence-corrected chi connectivity index (χ1v) is 7.54. The molecule has 8 heteroatoms. The molecule has 0 saturated carbocycles. The number of benzene rings is 1. The Labute approximate surface area is 139 Å².